The molecule has 1 aliphatic rings. The van der Waals surface area contributed by atoms with Crippen molar-refractivity contribution in [3.05, 3.63) is 70.9 Å². The minimum absolute atomic E-state index is 0.0565. The van der Waals surface area contributed by atoms with Crippen molar-refractivity contribution in [3.63, 3.8) is 0 Å². The third-order valence-corrected chi connectivity index (χ3v) is 5.40. The summed E-state index contributed by atoms with van der Waals surface area (Å²) >= 11 is 0. The average Bonchev–Trinajstić information content (AvgIpc) is 2.74. The van der Waals surface area contributed by atoms with Gasteiger partial charge in [0.15, 0.2) is 0 Å². The molecule has 0 radical (unpaired) electrons. The fourth-order valence-electron chi connectivity index (χ4n) is 3.61. The van der Waals surface area contributed by atoms with Crippen molar-refractivity contribution >= 4 is 35.0 Å². The minimum Gasteiger partial charge on any atom is -0.365 e. The fraction of sp³-hybridized carbons (Fsp3) is 0.250. The number of benzene rings is 2. The second-order valence-corrected chi connectivity index (χ2v) is 8.74. The molecule has 0 spiro atoms. The highest BCUT2D eigenvalue weighted by Crippen LogP contribution is 2.28. The van der Waals surface area contributed by atoms with Gasteiger partial charge in [-0.1, -0.05) is 39.0 Å². The van der Waals surface area contributed by atoms with Crippen LogP contribution in [0, 0.1) is 0 Å². The largest absolute Gasteiger partial charge is 0.365 e. The van der Waals surface area contributed by atoms with Crippen molar-refractivity contribution in [1.82, 2.24) is 15.3 Å². The minimum atomic E-state index is -0.642. The van der Waals surface area contributed by atoms with Crippen LogP contribution in [0.3, 0.4) is 0 Å². The van der Waals surface area contributed by atoms with Gasteiger partial charge < -0.3 is 21.7 Å². The van der Waals surface area contributed by atoms with Gasteiger partial charge >= 0.3 is 0 Å². The van der Waals surface area contributed by atoms with Crippen molar-refractivity contribution in [2.45, 2.75) is 32.6 Å². The zero-order chi connectivity index (χ0) is 22.9. The van der Waals surface area contributed by atoms with E-state index in [4.69, 9.17) is 5.73 Å². The summed E-state index contributed by atoms with van der Waals surface area (Å²) in [6.45, 7) is 7.02. The first-order valence-corrected chi connectivity index (χ1v) is 10.4. The SMILES string of the molecule is CC(C)(C)c1ccc(Nc2ncc(C(N)=O)c(Nc3cccc4c3CCNC4=O)n2)cc1. The van der Waals surface area contributed by atoms with Crippen molar-refractivity contribution < 1.29 is 9.59 Å². The predicted octanol–water partition coefficient (Wildman–Crippen LogP) is 3.65. The Kier molecular flexibility index (Phi) is 5.52. The maximum atomic E-state index is 12.2. The predicted molar refractivity (Wildman–Crippen MR) is 125 cm³/mol. The smallest absolute Gasteiger partial charge is 0.254 e. The van der Waals surface area contributed by atoms with Crippen molar-refractivity contribution in [1.29, 1.82) is 0 Å². The maximum absolute atomic E-state index is 12.2. The Morgan fingerprint density at radius 2 is 1.84 bits per heavy atom. The Morgan fingerprint density at radius 1 is 1.09 bits per heavy atom. The van der Waals surface area contributed by atoms with Crippen LogP contribution in [0.4, 0.5) is 23.1 Å². The van der Waals surface area contributed by atoms with Crippen LogP contribution < -0.4 is 21.7 Å². The number of carbonyl (C=O) groups excluding carboxylic acids is 2. The van der Waals surface area contributed by atoms with E-state index < -0.39 is 5.91 Å². The van der Waals surface area contributed by atoms with Crippen LogP contribution >= 0.6 is 0 Å². The van der Waals surface area contributed by atoms with E-state index in [-0.39, 0.29) is 22.7 Å². The molecule has 1 aliphatic heterocycles. The summed E-state index contributed by atoms with van der Waals surface area (Å²) in [6.07, 6.45) is 2.07. The molecule has 5 N–H and O–H groups in total. The van der Waals surface area contributed by atoms with Gasteiger partial charge in [-0.3, -0.25) is 9.59 Å². The van der Waals surface area contributed by atoms with E-state index in [2.05, 4.69) is 58.8 Å². The maximum Gasteiger partial charge on any atom is 0.254 e. The molecule has 1 aromatic heterocycles. The monoisotopic (exact) mass is 430 g/mol. The van der Waals surface area contributed by atoms with Gasteiger partial charge in [-0.2, -0.15) is 4.98 Å². The number of nitrogens with one attached hydrogen (secondary N) is 3. The molecule has 4 rings (SSSR count). The molecular weight excluding hydrogens is 404 g/mol. The molecule has 0 unspecified atom stereocenters. The second-order valence-electron chi connectivity index (χ2n) is 8.74. The van der Waals surface area contributed by atoms with E-state index in [0.29, 0.717) is 30.2 Å². The van der Waals surface area contributed by atoms with E-state index in [1.54, 1.807) is 12.1 Å². The number of primary amides is 1. The van der Waals surface area contributed by atoms with Crippen LogP contribution in [0.15, 0.2) is 48.7 Å². The van der Waals surface area contributed by atoms with E-state index in [1.807, 2.05) is 18.2 Å². The van der Waals surface area contributed by atoms with Gasteiger partial charge in [0.1, 0.15) is 11.4 Å². The molecule has 164 valence electrons. The quantitative estimate of drug-likeness (QED) is 0.490. The van der Waals surface area contributed by atoms with Gasteiger partial charge in [0.25, 0.3) is 11.8 Å². The van der Waals surface area contributed by atoms with E-state index in [1.165, 1.54) is 11.8 Å². The van der Waals surface area contributed by atoms with E-state index in [0.717, 1.165) is 11.3 Å². The summed E-state index contributed by atoms with van der Waals surface area (Å²) in [6, 6.07) is 13.4. The van der Waals surface area contributed by atoms with Gasteiger partial charge in [-0.25, -0.2) is 4.98 Å². The number of carbonyl (C=O) groups is 2. The Bertz CT molecular complexity index is 1180. The molecule has 8 nitrogen and oxygen atoms in total. The van der Waals surface area contributed by atoms with Crippen LogP contribution in [0.2, 0.25) is 0 Å². The Morgan fingerprint density at radius 3 is 2.53 bits per heavy atom. The molecule has 0 fully saturated rings. The number of amides is 2. The van der Waals surface area contributed by atoms with E-state index in [9.17, 15) is 9.59 Å². The first kappa shape index (κ1) is 21.3. The number of nitrogens with zero attached hydrogens (tertiary/aromatic N) is 2. The molecule has 8 heteroatoms. The third-order valence-electron chi connectivity index (χ3n) is 5.40. The molecule has 32 heavy (non-hydrogen) atoms. The lowest BCUT2D eigenvalue weighted by Crippen LogP contribution is -2.32. The summed E-state index contributed by atoms with van der Waals surface area (Å²) in [5, 5.41) is 9.18. The standard InChI is InChI=1S/C24H26N6O2/c1-24(2,3)14-7-9-15(10-8-14)28-23-27-13-18(20(25)31)21(30-23)29-19-6-4-5-17-16(19)11-12-26-22(17)32/h4-10,13H,11-12H2,1-3H3,(H2,25,31)(H,26,32)(H2,27,28,29,30). The molecule has 0 aliphatic carbocycles. The first-order valence-electron chi connectivity index (χ1n) is 10.4. The lowest BCUT2D eigenvalue weighted by Gasteiger charge is -2.21. The van der Waals surface area contributed by atoms with Crippen LogP contribution in [0.5, 0.6) is 0 Å². The Hall–Kier alpha value is -3.94. The molecule has 0 bridgehead atoms. The number of hydrogen-bond donors (Lipinski definition) is 4. The van der Waals surface area contributed by atoms with Crippen LogP contribution in [0.25, 0.3) is 0 Å². The first-order chi connectivity index (χ1) is 15.2. The number of anilines is 4. The van der Waals surface area contributed by atoms with Crippen molar-refractivity contribution in [2.75, 3.05) is 17.2 Å². The molecule has 2 heterocycles. The highest BCUT2D eigenvalue weighted by Gasteiger charge is 2.21. The number of fused-ring (bicyclic) bond motifs is 1. The zero-order valence-electron chi connectivity index (χ0n) is 18.3. The highest BCUT2D eigenvalue weighted by atomic mass is 16.2. The summed E-state index contributed by atoms with van der Waals surface area (Å²) in [4.78, 5) is 32.9. The summed E-state index contributed by atoms with van der Waals surface area (Å²) in [5.41, 5.74) is 9.99. The van der Waals surface area contributed by atoms with Crippen LogP contribution in [-0.4, -0.2) is 28.3 Å². The summed E-state index contributed by atoms with van der Waals surface area (Å²) in [5.74, 6) is -0.158. The Balaban J connectivity index is 1.64. The normalized spacial score (nSPS) is 13.2. The molecule has 0 atom stereocenters. The van der Waals surface area contributed by atoms with Crippen molar-refractivity contribution in [2.24, 2.45) is 5.73 Å². The summed E-state index contributed by atoms with van der Waals surface area (Å²) in [7, 11) is 0. The number of nitrogens with two attached hydrogens (primary N) is 1. The van der Waals surface area contributed by atoms with Gasteiger partial charge in [0.05, 0.1) is 0 Å². The number of hydrogen-bond acceptors (Lipinski definition) is 6. The van der Waals surface area contributed by atoms with Gasteiger partial charge in [-0.05, 0) is 47.2 Å². The lowest BCUT2D eigenvalue weighted by molar-refractivity contribution is 0.0944. The fourth-order valence-corrected chi connectivity index (χ4v) is 3.61. The number of aromatic nitrogens is 2. The average molecular weight is 431 g/mol. The molecule has 2 amide bonds. The topological polar surface area (TPSA) is 122 Å². The van der Waals surface area contributed by atoms with Gasteiger partial charge in [0.2, 0.25) is 5.95 Å². The summed E-state index contributed by atoms with van der Waals surface area (Å²) < 4.78 is 0. The second kappa shape index (κ2) is 8.30. The van der Waals surface area contributed by atoms with Crippen LogP contribution in [-0.2, 0) is 11.8 Å². The molecule has 0 saturated heterocycles. The molecular formula is C24H26N6O2. The number of rotatable bonds is 5. The Labute approximate surface area is 186 Å². The highest BCUT2D eigenvalue weighted by molar-refractivity contribution is 6.00. The third kappa shape index (κ3) is 4.39. The van der Waals surface area contributed by atoms with E-state index >= 15 is 0 Å². The van der Waals surface area contributed by atoms with Crippen molar-refractivity contribution in [3.8, 4) is 0 Å². The van der Waals surface area contributed by atoms with Gasteiger partial charge in [0, 0.05) is 29.7 Å². The molecule has 3 aromatic rings. The zero-order valence-corrected chi connectivity index (χ0v) is 18.3. The molecule has 0 saturated carbocycles. The van der Waals surface area contributed by atoms with Gasteiger partial charge in [-0.15, -0.1) is 0 Å². The van der Waals surface area contributed by atoms with Crippen LogP contribution in [0.1, 0.15) is 52.6 Å². The molecule has 2 aromatic carbocycles. The lowest BCUT2D eigenvalue weighted by atomic mass is 9.87.